The maximum atomic E-state index is 8.67. The van der Waals surface area contributed by atoms with Crippen LogP contribution in [0.2, 0.25) is 0 Å². The van der Waals surface area contributed by atoms with Gasteiger partial charge in [-0.25, -0.2) is 0 Å². The van der Waals surface area contributed by atoms with E-state index >= 15 is 0 Å². The molecule has 76 valence electrons. The van der Waals surface area contributed by atoms with Crippen LogP contribution in [0.25, 0.3) is 0 Å². The third-order valence-electron chi connectivity index (χ3n) is 0.882. The maximum absolute atomic E-state index is 8.67. The molecule has 0 heterocycles. The highest BCUT2D eigenvalue weighted by Gasteiger charge is 1.86. The van der Waals surface area contributed by atoms with Crippen molar-refractivity contribution in [3.63, 3.8) is 0 Å². The molecular formula is C6H10O4S3. The summed E-state index contributed by atoms with van der Waals surface area (Å²) in [7, 11) is 0. The number of hydrogen-bond acceptors (Lipinski definition) is 3. The molecule has 0 atom stereocenters. The summed E-state index contributed by atoms with van der Waals surface area (Å²) in [6, 6.07) is 7.68. The Bertz CT molecular complexity index is 241. The second-order valence-corrected chi connectivity index (χ2v) is 3.14. The summed E-state index contributed by atoms with van der Waals surface area (Å²) < 4.78 is 22.8. The predicted octanol–water partition coefficient (Wildman–Crippen LogP) is 1.12. The number of thiol groups is 2. The third-order valence-corrected chi connectivity index (χ3v) is 1.84. The first kappa shape index (κ1) is 15.4. The molecule has 0 aliphatic carbocycles. The lowest BCUT2D eigenvalue weighted by molar-refractivity contribution is 0.454. The summed E-state index contributed by atoms with van der Waals surface area (Å²) in [6.45, 7) is 0. The first-order chi connectivity index (χ1) is 5.54. The van der Waals surface area contributed by atoms with Gasteiger partial charge in [0, 0.05) is 9.79 Å². The second kappa shape index (κ2) is 8.54. The van der Waals surface area contributed by atoms with E-state index in [9.17, 15) is 0 Å². The number of rotatable bonds is 0. The van der Waals surface area contributed by atoms with Crippen LogP contribution >= 0.6 is 25.3 Å². The molecule has 0 radical (unpaired) electrons. The van der Waals surface area contributed by atoms with Crippen LogP contribution in [0.15, 0.2) is 34.1 Å². The molecular weight excluding hydrogens is 232 g/mol. The van der Waals surface area contributed by atoms with Gasteiger partial charge >= 0.3 is 0 Å². The molecule has 0 bridgehead atoms. The van der Waals surface area contributed by atoms with E-state index in [1.165, 1.54) is 0 Å². The molecule has 13 heavy (non-hydrogen) atoms. The molecule has 4 nitrogen and oxygen atoms in total. The smallest absolute Gasteiger partial charge is 0.299 e. The zero-order chi connectivity index (χ0) is 9.56. The van der Waals surface area contributed by atoms with Crippen LogP contribution in [0, 0.1) is 0 Å². The standard InChI is InChI=1S/C6H6S2.H2O3S.H2O/c7-5-3-1-2-4-6(5)8;1-4(2)3;/h1-4,7-8H;(H2,1,2,3);1H2. The van der Waals surface area contributed by atoms with Crippen molar-refractivity contribution >= 4 is 36.6 Å². The van der Waals surface area contributed by atoms with Crippen LogP contribution in [0.1, 0.15) is 0 Å². The average Bonchev–Trinajstić information content (AvgIpc) is 1.94. The molecule has 0 aliphatic heterocycles. The Morgan fingerprint density at radius 1 is 1.08 bits per heavy atom. The fourth-order valence-electron chi connectivity index (χ4n) is 0.464. The third kappa shape index (κ3) is 9.87. The Hall–Kier alpha value is -0.0500. The number of benzene rings is 1. The first-order valence-corrected chi connectivity index (χ1v) is 4.76. The van der Waals surface area contributed by atoms with Crippen molar-refractivity contribution in [3.8, 4) is 0 Å². The van der Waals surface area contributed by atoms with Crippen molar-refractivity contribution < 1.29 is 18.8 Å². The average molecular weight is 242 g/mol. The van der Waals surface area contributed by atoms with Crippen LogP contribution in [-0.2, 0) is 11.4 Å². The second-order valence-electron chi connectivity index (χ2n) is 1.72. The van der Waals surface area contributed by atoms with E-state index in [1.54, 1.807) is 0 Å². The molecule has 0 saturated carbocycles. The Morgan fingerprint density at radius 3 is 1.46 bits per heavy atom. The summed E-state index contributed by atoms with van der Waals surface area (Å²) in [4.78, 5) is 1.85. The summed E-state index contributed by atoms with van der Waals surface area (Å²) in [5, 5.41) is 0. The largest absolute Gasteiger partial charge is 0.412 e. The Morgan fingerprint density at radius 2 is 1.31 bits per heavy atom. The van der Waals surface area contributed by atoms with Crippen molar-refractivity contribution in [3.05, 3.63) is 24.3 Å². The van der Waals surface area contributed by atoms with Gasteiger partial charge in [-0.2, -0.15) is 4.21 Å². The molecule has 0 aromatic heterocycles. The topological polar surface area (TPSA) is 89.0 Å². The lowest BCUT2D eigenvalue weighted by Gasteiger charge is -1.91. The Balaban J connectivity index is 0. The molecule has 7 heteroatoms. The van der Waals surface area contributed by atoms with Crippen LogP contribution in [0.3, 0.4) is 0 Å². The van der Waals surface area contributed by atoms with E-state index in [-0.39, 0.29) is 5.48 Å². The SMILES string of the molecule is O.O=S(O)O.Sc1ccccc1S. The van der Waals surface area contributed by atoms with Gasteiger partial charge in [0.2, 0.25) is 0 Å². The van der Waals surface area contributed by atoms with Gasteiger partial charge < -0.3 is 5.48 Å². The van der Waals surface area contributed by atoms with Crippen LogP contribution in [0.4, 0.5) is 0 Å². The molecule has 1 aromatic carbocycles. The van der Waals surface area contributed by atoms with Crippen molar-refractivity contribution in [2.24, 2.45) is 0 Å². The molecule has 1 rings (SSSR count). The highest BCUT2D eigenvalue weighted by atomic mass is 32.2. The maximum Gasteiger partial charge on any atom is 0.299 e. The van der Waals surface area contributed by atoms with Gasteiger partial charge in [0.15, 0.2) is 0 Å². The zero-order valence-electron chi connectivity index (χ0n) is 6.41. The van der Waals surface area contributed by atoms with E-state index in [4.69, 9.17) is 13.3 Å². The summed E-state index contributed by atoms with van der Waals surface area (Å²) in [6.07, 6.45) is 0. The van der Waals surface area contributed by atoms with Crippen molar-refractivity contribution in [1.82, 2.24) is 0 Å². The predicted molar refractivity (Wildman–Crippen MR) is 58.0 cm³/mol. The lowest BCUT2D eigenvalue weighted by Crippen LogP contribution is -1.74. The molecule has 0 unspecified atom stereocenters. The fourth-order valence-corrected chi connectivity index (χ4v) is 0.785. The minimum atomic E-state index is -2.61. The monoisotopic (exact) mass is 242 g/mol. The molecule has 4 N–H and O–H groups in total. The van der Waals surface area contributed by atoms with Gasteiger partial charge in [0.25, 0.3) is 11.4 Å². The first-order valence-electron chi connectivity index (χ1n) is 2.81. The Labute approximate surface area is 89.6 Å². The van der Waals surface area contributed by atoms with Crippen molar-refractivity contribution in [2.45, 2.75) is 9.79 Å². The van der Waals surface area contributed by atoms with Gasteiger partial charge in [-0.15, -0.1) is 25.3 Å². The zero-order valence-corrected chi connectivity index (χ0v) is 9.02. The van der Waals surface area contributed by atoms with E-state index in [2.05, 4.69) is 25.3 Å². The van der Waals surface area contributed by atoms with Crippen LogP contribution in [-0.4, -0.2) is 18.8 Å². The highest BCUT2D eigenvalue weighted by molar-refractivity contribution is 7.83. The van der Waals surface area contributed by atoms with Gasteiger partial charge in [0.1, 0.15) is 0 Å². The van der Waals surface area contributed by atoms with E-state index in [0.29, 0.717) is 0 Å². The van der Waals surface area contributed by atoms with Gasteiger partial charge in [-0.3, -0.25) is 9.11 Å². The number of hydrogen-bond donors (Lipinski definition) is 4. The fraction of sp³-hybridized carbons (Fsp3) is 0. The summed E-state index contributed by atoms with van der Waals surface area (Å²) >= 11 is 5.63. The van der Waals surface area contributed by atoms with E-state index < -0.39 is 11.4 Å². The van der Waals surface area contributed by atoms with Crippen molar-refractivity contribution in [2.75, 3.05) is 0 Å². The minimum absolute atomic E-state index is 0. The van der Waals surface area contributed by atoms with Gasteiger partial charge in [-0.1, -0.05) is 12.1 Å². The van der Waals surface area contributed by atoms with E-state index in [0.717, 1.165) is 9.79 Å². The van der Waals surface area contributed by atoms with Crippen molar-refractivity contribution in [1.29, 1.82) is 0 Å². The normalized spacial score (nSPS) is 8.38. The van der Waals surface area contributed by atoms with Crippen LogP contribution < -0.4 is 0 Å². The highest BCUT2D eigenvalue weighted by Crippen LogP contribution is 2.15. The molecule has 0 saturated heterocycles. The Kier molecular flexibility index (Phi) is 10.1. The molecule has 0 aliphatic rings. The van der Waals surface area contributed by atoms with E-state index in [1.807, 2.05) is 24.3 Å². The molecule has 0 amide bonds. The molecule has 0 spiro atoms. The van der Waals surface area contributed by atoms with Gasteiger partial charge in [-0.05, 0) is 12.1 Å². The summed E-state index contributed by atoms with van der Waals surface area (Å²) in [5.41, 5.74) is 0. The minimum Gasteiger partial charge on any atom is -0.412 e. The molecule has 1 aromatic rings. The lowest BCUT2D eigenvalue weighted by atomic mass is 10.4. The quantitative estimate of drug-likeness (QED) is 0.406. The summed E-state index contributed by atoms with van der Waals surface area (Å²) in [5.74, 6) is 0. The van der Waals surface area contributed by atoms with Gasteiger partial charge in [0.05, 0.1) is 0 Å². The molecule has 0 fully saturated rings. The van der Waals surface area contributed by atoms with Crippen LogP contribution in [0.5, 0.6) is 0 Å².